The molecule has 0 aliphatic carbocycles. The van der Waals surface area contributed by atoms with Gasteiger partial charge >= 0.3 is 5.76 Å². The third-order valence-electron chi connectivity index (χ3n) is 3.45. The van der Waals surface area contributed by atoms with E-state index in [4.69, 9.17) is 9.26 Å². The van der Waals surface area contributed by atoms with Crippen molar-refractivity contribution in [2.24, 2.45) is 0 Å². The quantitative estimate of drug-likeness (QED) is 0.683. The van der Waals surface area contributed by atoms with Gasteiger partial charge in [0, 0.05) is 10.0 Å². The fourth-order valence-corrected chi connectivity index (χ4v) is 2.67. The summed E-state index contributed by atoms with van der Waals surface area (Å²) in [7, 11) is 0. The minimum Gasteiger partial charge on any atom is -0.492 e. The number of hydrogen-bond donors (Lipinski definition) is 0. The lowest BCUT2D eigenvalue weighted by molar-refractivity contribution is 0.290. The highest BCUT2D eigenvalue weighted by molar-refractivity contribution is 9.10. The van der Waals surface area contributed by atoms with Crippen molar-refractivity contribution in [3.8, 4) is 17.1 Å². The third-order valence-corrected chi connectivity index (χ3v) is 3.95. The van der Waals surface area contributed by atoms with Crippen molar-refractivity contribution in [3.05, 3.63) is 69.1 Å². The van der Waals surface area contributed by atoms with Gasteiger partial charge in [-0.3, -0.25) is 9.09 Å². The maximum Gasteiger partial charge on any atom is 0.441 e. The summed E-state index contributed by atoms with van der Waals surface area (Å²) in [5.41, 5.74) is 1.91. The lowest BCUT2D eigenvalue weighted by atomic mass is 10.1. The number of aryl methyl sites for hydroxylation is 1. The Morgan fingerprint density at radius 1 is 1.22 bits per heavy atom. The number of rotatable bonds is 5. The number of halogens is 1. The molecule has 0 saturated heterocycles. The molecule has 0 spiro atoms. The first-order chi connectivity index (χ1) is 11.1. The topological polar surface area (TPSA) is 57.3 Å². The summed E-state index contributed by atoms with van der Waals surface area (Å²) in [6, 6.07) is 15.3. The van der Waals surface area contributed by atoms with Gasteiger partial charge in [0.15, 0.2) is 5.82 Å². The molecule has 0 amide bonds. The van der Waals surface area contributed by atoms with Crippen molar-refractivity contribution < 1.29 is 9.26 Å². The lowest BCUT2D eigenvalue weighted by Gasteiger charge is -2.09. The fourth-order valence-electron chi connectivity index (χ4n) is 2.29. The molecule has 118 valence electrons. The molecule has 5 nitrogen and oxygen atoms in total. The van der Waals surface area contributed by atoms with Crippen LogP contribution in [0.2, 0.25) is 0 Å². The van der Waals surface area contributed by atoms with E-state index < -0.39 is 5.76 Å². The van der Waals surface area contributed by atoms with E-state index in [9.17, 15) is 4.79 Å². The molecule has 3 aromatic rings. The molecule has 6 heteroatoms. The standard InChI is InChI=1S/C17H15BrN2O3/c1-12-5-2-3-8-15(12)16-19-23-17(21)20(16)9-10-22-14-7-4-6-13(18)11-14/h2-8,11H,9-10H2,1H3. The Balaban J connectivity index is 1.77. The normalized spacial score (nSPS) is 10.7. The summed E-state index contributed by atoms with van der Waals surface area (Å²) in [6.07, 6.45) is 0. The number of nitrogens with zero attached hydrogens (tertiary/aromatic N) is 2. The van der Waals surface area contributed by atoms with Gasteiger partial charge in [-0.15, -0.1) is 0 Å². The van der Waals surface area contributed by atoms with Gasteiger partial charge in [-0.1, -0.05) is 51.4 Å². The Kier molecular flexibility index (Phi) is 4.62. The van der Waals surface area contributed by atoms with E-state index in [0.717, 1.165) is 21.3 Å². The van der Waals surface area contributed by atoms with E-state index in [1.54, 1.807) is 0 Å². The third kappa shape index (κ3) is 3.53. The highest BCUT2D eigenvalue weighted by Gasteiger charge is 2.14. The van der Waals surface area contributed by atoms with Crippen LogP contribution in [0, 0.1) is 6.92 Å². The van der Waals surface area contributed by atoms with E-state index in [1.165, 1.54) is 4.57 Å². The number of ether oxygens (including phenoxy) is 1. The van der Waals surface area contributed by atoms with Crippen LogP contribution in [0.15, 0.2) is 62.3 Å². The summed E-state index contributed by atoms with van der Waals surface area (Å²) in [4.78, 5) is 11.9. The van der Waals surface area contributed by atoms with E-state index in [-0.39, 0.29) is 0 Å². The Morgan fingerprint density at radius 3 is 2.83 bits per heavy atom. The van der Waals surface area contributed by atoms with Gasteiger partial charge < -0.3 is 4.74 Å². The van der Waals surface area contributed by atoms with Crippen molar-refractivity contribution in [2.75, 3.05) is 6.61 Å². The van der Waals surface area contributed by atoms with Crippen LogP contribution in [-0.2, 0) is 6.54 Å². The molecule has 3 rings (SSSR count). The molecule has 23 heavy (non-hydrogen) atoms. The van der Waals surface area contributed by atoms with Crippen molar-refractivity contribution in [1.29, 1.82) is 0 Å². The molecule has 0 N–H and O–H groups in total. The summed E-state index contributed by atoms with van der Waals surface area (Å²) in [5, 5.41) is 3.90. The zero-order valence-electron chi connectivity index (χ0n) is 12.5. The molecule has 0 aliphatic rings. The van der Waals surface area contributed by atoms with Gasteiger partial charge in [0.2, 0.25) is 0 Å². The van der Waals surface area contributed by atoms with E-state index >= 15 is 0 Å². The maximum atomic E-state index is 11.9. The van der Waals surface area contributed by atoms with Crippen LogP contribution in [0.4, 0.5) is 0 Å². The van der Waals surface area contributed by atoms with Crippen LogP contribution in [0.3, 0.4) is 0 Å². The molecule has 1 heterocycles. The van der Waals surface area contributed by atoms with Crippen LogP contribution < -0.4 is 10.5 Å². The first kappa shape index (κ1) is 15.6. The smallest absolute Gasteiger partial charge is 0.441 e. The molecular weight excluding hydrogens is 360 g/mol. The fraction of sp³-hybridized carbons (Fsp3) is 0.176. The van der Waals surface area contributed by atoms with Crippen LogP contribution in [-0.4, -0.2) is 16.3 Å². The summed E-state index contributed by atoms with van der Waals surface area (Å²) in [6.45, 7) is 2.67. The van der Waals surface area contributed by atoms with Crippen molar-refractivity contribution in [1.82, 2.24) is 9.72 Å². The second-order valence-corrected chi connectivity index (χ2v) is 5.96. The number of hydrogen-bond acceptors (Lipinski definition) is 4. The van der Waals surface area contributed by atoms with Gasteiger partial charge in [0.05, 0.1) is 6.54 Å². The number of aromatic nitrogens is 2. The van der Waals surface area contributed by atoms with Gasteiger partial charge in [-0.05, 0) is 30.7 Å². The van der Waals surface area contributed by atoms with Gasteiger partial charge in [-0.2, -0.15) is 0 Å². The maximum absolute atomic E-state index is 11.9. The van der Waals surface area contributed by atoms with Crippen molar-refractivity contribution in [2.45, 2.75) is 13.5 Å². The predicted molar refractivity (Wildman–Crippen MR) is 90.6 cm³/mol. The molecule has 0 atom stereocenters. The second-order valence-electron chi connectivity index (χ2n) is 5.04. The van der Waals surface area contributed by atoms with Crippen molar-refractivity contribution in [3.63, 3.8) is 0 Å². The van der Waals surface area contributed by atoms with Crippen LogP contribution in [0.1, 0.15) is 5.56 Å². The Morgan fingerprint density at radius 2 is 2.04 bits per heavy atom. The predicted octanol–water partition coefficient (Wildman–Crippen LogP) is 3.65. The average Bonchev–Trinajstić information content (AvgIpc) is 2.89. The van der Waals surface area contributed by atoms with E-state index in [2.05, 4.69) is 21.1 Å². The summed E-state index contributed by atoms with van der Waals surface area (Å²) < 4.78 is 12.9. The molecule has 1 aromatic heterocycles. The molecular formula is C17H15BrN2O3. The average molecular weight is 375 g/mol. The first-order valence-electron chi connectivity index (χ1n) is 7.16. The molecule has 0 radical (unpaired) electrons. The van der Waals surface area contributed by atoms with Gasteiger partial charge in [0.1, 0.15) is 12.4 Å². The Labute approximate surface area is 141 Å². The monoisotopic (exact) mass is 374 g/mol. The molecule has 0 bridgehead atoms. The highest BCUT2D eigenvalue weighted by atomic mass is 79.9. The number of benzene rings is 2. The summed E-state index contributed by atoms with van der Waals surface area (Å²) >= 11 is 3.39. The minimum absolute atomic E-state index is 0.344. The highest BCUT2D eigenvalue weighted by Crippen LogP contribution is 2.20. The largest absolute Gasteiger partial charge is 0.492 e. The molecule has 0 aliphatic heterocycles. The minimum atomic E-state index is -0.485. The zero-order valence-corrected chi connectivity index (χ0v) is 14.1. The SMILES string of the molecule is Cc1ccccc1-c1noc(=O)n1CCOc1cccc(Br)c1. The second kappa shape index (κ2) is 6.83. The molecule has 0 fully saturated rings. The van der Waals surface area contributed by atoms with Crippen LogP contribution in [0.25, 0.3) is 11.4 Å². The zero-order chi connectivity index (χ0) is 16.2. The molecule has 0 saturated carbocycles. The van der Waals surface area contributed by atoms with Gasteiger partial charge in [0.25, 0.3) is 0 Å². The van der Waals surface area contributed by atoms with E-state index in [1.807, 2.05) is 55.5 Å². The van der Waals surface area contributed by atoms with Crippen molar-refractivity contribution >= 4 is 15.9 Å². The van der Waals surface area contributed by atoms with Gasteiger partial charge in [-0.25, -0.2) is 4.79 Å². The van der Waals surface area contributed by atoms with Crippen LogP contribution in [0.5, 0.6) is 5.75 Å². The Bertz CT molecular complexity index is 870. The Hall–Kier alpha value is -2.34. The summed E-state index contributed by atoms with van der Waals surface area (Å²) in [5.74, 6) is 0.772. The molecule has 2 aromatic carbocycles. The van der Waals surface area contributed by atoms with Crippen LogP contribution >= 0.6 is 15.9 Å². The lowest BCUT2D eigenvalue weighted by Crippen LogP contribution is -2.20. The van der Waals surface area contributed by atoms with E-state index in [0.29, 0.717) is 19.0 Å². The first-order valence-corrected chi connectivity index (χ1v) is 7.95. The molecule has 0 unspecified atom stereocenters.